The van der Waals surface area contributed by atoms with E-state index in [-0.39, 0.29) is 23.0 Å². The van der Waals surface area contributed by atoms with E-state index >= 15 is 0 Å². The summed E-state index contributed by atoms with van der Waals surface area (Å²) in [5.74, 6) is -0.259. The molecule has 4 aromatic rings. The van der Waals surface area contributed by atoms with Gasteiger partial charge in [-0.2, -0.15) is 0 Å². The lowest BCUT2D eigenvalue weighted by atomic mass is 10.1. The maximum Gasteiger partial charge on any atom is 0.338 e. The van der Waals surface area contributed by atoms with Gasteiger partial charge in [-0.05, 0) is 49.4 Å². The van der Waals surface area contributed by atoms with Crippen molar-refractivity contribution in [1.82, 2.24) is 0 Å². The highest BCUT2D eigenvalue weighted by molar-refractivity contribution is 8.93. The average Bonchev–Trinajstić information content (AvgIpc) is 2.84. The van der Waals surface area contributed by atoms with Crippen molar-refractivity contribution in [1.29, 1.82) is 0 Å². The zero-order chi connectivity index (χ0) is 21.5. The van der Waals surface area contributed by atoms with Crippen molar-refractivity contribution in [3.63, 3.8) is 0 Å². The summed E-state index contributed by atoms with van der Waals surface area (Å²) >= 11 is 0. The van der Waals surface area contributed by atoms with Crippen molar-refractivity contribution in [3.8, 4) is 0 Å². The zero-order valence-corrected chi connectivity index (χ0v) is 20.7. The number of carbonyl (C=O) groups is 1. The van der Waals surface area contributed by atoms with Crippen LogP contribution in [0.25, 0.3) is 0 Å². The Morgan fingerprint density at radius 1 is 0.656 bits per heavy atom. The molecule has 32 heavy (non-hydrogen) atoms. The lowest BCUT2D eigenvalue weighted by molar-refractivity contribution is 0.0525. The van der Waals surface area contributed by atoms with E-state index in [9.17, 15) is 4.79 Å². The minimum atomic E-state index is -2.07. The van der Waals surface area contributed by atoms with Crippen LogP contribution in [0.2, 0.25) is 0 Å². The number of carbonyl (C=O) groups excluding carboxylic acids is 1. The lowest BCUT2D eigenvalue weighted by Crippen LogP contribution is -2.32. The highest BCUT2D eigenvalue weighted by atomic mass is 79.9. The number of ether oxygens (including phenoxy) is 1. The molecule has 162 valence electrons. The third-order valence-corrected chi connectivity index (χ3v) is 9.87. The molecule has 0 bridgehead atoms. The van der Waals surface area contributed by atoms with Crippen LogP contribution in [0.3, 0.4) is 0 Å². The molecule has 0 amide bonds. The number of esters is 1. The SMILES string of the molecule is Br.CCOC(=O)c1ccccc1C[P+](c1ccccc1)(c1ccccc1)c1ccccc1. The first-order valence-corrected chi connectivity index (χ1v) is 12.5. The van der Waals surface area contributed by atoms with E-state index in [1.807, 2.05) is 25.1 Å². The maximum absolute atomic E-state index is 12.8. The maximum atomic E-state index is 12.8. The van der Waals surface area contributed by atoms with E-state index in [0.717, 1.165) is 11.7 Å². The van der Waals surface area contributed by atoms with Crippen molar-refractivity contribution < 1.29 is 9.53 Å². The molecule has 0 unspecified atom stereocenters. The van der Waals surface area contributed by atoms with Gasteiger partial charge in [0.25, 0.3) is 0 Å². The predicted octanol–water partition coefficient (Wildman–Crippen LogP) is 5.94. The van der Waals surface area contributed by atoms with Gasteiger partial charge < -0.3 is 4.74 Å². The van der Waals surface area contributed by atoms with Crippen LogP contribution in [0.4, 0.5) is 0 Å². The first kappa shape index (κ1) is 23.9. The summed E-state index contributed by atoms with van der Waals surface area (Å²) in [5.41, 5.74) is 1.67. The third-order valence-electron chi connectivity index (χ3n) is 5.51. The molecule has 0 saturated carbocycles. The summed E-state index contributed by atoms with van der Waals surface area (Å²) in [6, 6.07) is 40.0. The lowest BCUT2D eigenvalue weighted by Gasteiger charge is -2.28. The number of benzene rings is 4. The second kappa shape index (κ2) is 11.2. The molecule has 4 heteroatoms. The molecule has 0 saturated heterocycles. The van der Waals surface area contributed by atoms with Crippen LogP contribution >= 0.6 is 24.2 Å². The molecule has 0 N–H and O–H groups in total. The molecule has 4 aromatic carbocycles. The molecule has 0 radical (unpaired) electrons. The van der Waals surface area contributed by atoms with Gasteiger partial charge in [0, 0.05) is 5.56 Å². The van der Waals surface area contributed by atoms with E-state index in [4.69, 9.17) is 4.74 Å². The standard InChI is InChI=1S/C28H26O2P.BrH/c1-2-30-28(29)27-21-13-12-14-23(27)22-31(24-15-6-3-7-16-24,25-17-8-4-9-18-25)26-19-10-5-11-20-26;/h3-21H,2,22H2,1H3;1H/q+1;. The topological polar surface area (TPSA) is 26.3 Å². The van der Waals surface area contributed by atoms with Gasteiger partial charge >= 0.3 is 5.97 Å². The molecular formula is C28H27BrO2P+. The average molecular weight is 506 g/mol. The summed E-state index contributed by atoms with van der Waals surface area (Å²) in [7, 11) is -2.07. The van der Waals surface area contributed by atoms with Crippen LogP contribution in [-0.4, -0.2) is 12.6 Å². The molecule has 4 rings (SSSR count). The minimum Gasteiger partial charge on any atom is -0.462 e. The third kappa shape index (κ3) is 4.85. The zero-order valence-electron chi connectivity index (χ0n) is 18.1. The van der Waals surface area contributed by atoms with Gasteiger partial charge in [-0.15, -0.1) is 17.0 Å². The Morgan fingerprint density at radius 2 is 1.06 bits per heavy atom. The van der Waals surface area contributed by atoms with Crippen LogP contribution in [0.15, 0.2) is 115 Å². The summed E-state index contributed by atoms with van der Waals surface area (Å²) in [6.07, 6.45) is 0.750. The van der Waals surface area contributed by atoms with E-state index in [1.165, 1.54) is 15.9 Å². The number of halogens is 1. The molecule has 0 spiro atoms. The molecular weight excluding hydrogens is 479 g/mol. The second-order valence-electron chi connectivity index (χ2n) is 7.35. The summed E-state index contributed by atoms with van der Waals surface area (Å²) in [4.78, 5) is 12.8. The summed E-state index contributed by atoms with van der Waals surface area (Å²) in [5, 5.41) is 3.89. The monoisotopic (exact) mass is 505 g/mol. The van der Waals surface area contributed by atoms with E-state index in [2.05, 4.69) is 97.1 Å². The highest BCUT2D eigenvalue weighted by Gasteiger charge is 2.46. The van der Waals surface area contributed by atoms with E-state index < -0.39 is 7.26 Å². The quantitative estimate of drug-likeness (QED) is 0.229. The molecule has 0 atom stereocenters. The van der Waals surface area contributed by atoms with Crippen molar-refractivity contribution in [2.45, 2.75) is 13.1 Å². The second-order valence-corrected chi connectivity index (χ2v) is 10.8. The smallest absolute Gasteiger partial charge is 0.338 e. The predicted molar refractivity (Wildman–Crippen MR) is 142 cm³/mol. The van der Waals surface area contributed by atoms with Crippen molar-refractivity contribution >= 4 is 46.1 Å². The van der Waals surface area contributed by atoms with Gasteiger partial charge in [0.2, 0.25) is 0 Å². The van der Waals surface area contributed by atoms with Crippen LogP contribution < -0.4 is 15.9 Å². The Balaban J connectivity index is 0.00000289. The molecule has 0 aliphatic heterocycles. The van der Waals surface area contributed by atoms with Crippen molar-refractivity contribution in [2.75, 3.05) is 6.61 Å². The molecule has 2 nitrogen and oxygen atoms in total. The van der Waals surface area contributed by atoms with E-state index in [1.54, 1.807) is 0 Å². The first-order chi connectivity index (χ1) is 15.3. The molecule has 0 heterocycles. The van der Waals surface area contributed by atoms with E-state index in [0.29, 0.717) is 12.2 Å². The fourth-order valence-corrected chi connectivity index (χ4v) is 8.36. The van der Waals surface area contributed by atoms with Crippen LogP contribution in [-0.2, 0) is 10.9 Å². The fraction of sp³-hybridized carbons (Fsp3) is 0.107. The van der Waals surface area contributed by atoms with Crippen molar-refractivity contribution in [2.24, 2.45) is 0 Å². The molecule has 0 aliphatic rings. The van der Waals surface area contributed by atoms with Crippen LogP contribution in [0, 0.1) is 0 Å². The van der Waals surface area contributed by atoms with Gasteiger partial charge in [-0.25, -0.2) is 4.79 Å². The normalized spacial score (nSPS) is 10.8. The highest BCUT2D eigenvalue weighted by Crippen LogP contribution is 2.58. The number of hydrogen-bond acceptors (Lipinski definition) is 2. The Labute approximate surface area is 201 Å². The largest absolute Gasteiger partial charge is 0.462 e. The Kier molecular flexibility index (Phi) is 8.39. The first-order valence-electron chi connectivity index (χ1n) is 10.6. The fourth-order valence-electron chi connectivity index (χ4n) is 4.09. The van der Waals surface area contributed by atoms with Gasteiger partial charge in [0.1, 0.15) is 23.2 Å². The van der Waals surface area contributed by atoms with Gasteiger partial charge in [-0.3, -0.25) is 0 Å². The van der Waals surface area contributed by atoms with Gasteiger partial charge in [0.05, 0.1) is 18.3 Å². The summed E-state index contributed by atoms with van der Waals surface area (Å²) < 4.78 is 5.37. The number of rotatable bonds is 7. The Morgan fingerprint density at radius 3 is 1.50 bits per heavy atom. The Bertz CT molecular complexity index is 1040. The van der Waals surface area contributed by atoms with Gasteiger partial charge in [-0.1, -0.05) is 72.8 Å². The van der Waals surface area contributed by atoms with Crippen LogP contribution in [0.5, 0.6) is 0 Å². The van der Waals surface area contributed by atoms with Crippen LogP contribution in [0.1, 0.15) is 22.8 Å². The minimum absolute atomic E-state index is 0. The van der Waals surface area contributed by atoms with Gasteiger partial charge in [0.15, 0.2) is 0 Å². The molecule has 0 aliphatic carbocycles. The molecule has 0 aromatic heterocycles. The Hall–Kier alpha value is -2.74. The summed E-state index contributed by atoms with van der Waals surface area (Å²) in [6.45, 7) is 2.21. The van der Waals surface area contributed by atoms with Crippen molar-refractivity contribution in [3.05, 3.63) is 126 Å². The number of hydrogen-bond donors (Lipinski definition) is 0. The molecule has 0 fully saturated rings.